The van der Waals surface area contributed by atoms with Crippen molar-refractivity contribution < 1.29 is 18.0 Å². The fourth-order valence-electron chi connectivity index (χ4n) is 2.18. The fourth-order valence-corrected chi connectivity index (χ4v) is 2.18. The zero-order chi connectivity index (χ0) is 12.8. The Morgan fingerprint density at radius 2 is 2.06 bits per heavy atom. The van der Waals surface area contributed by atoms with Gasteiger partial charge >= 0.3 is 6.18 Å². The van der Waals surface area contributed by atoms with Crippen molar-refractivity contribution in [3.05, 3.63) is 29.3 Å². The Labute approximate surface area is 97.0 Å². The molecular formula is C12H12F3NO. The quantitative estimate of drug-likeness (QED) is 0.756. The molecule has 0 amide bonds. The van der Waals surface area contributed by atoms with Gasteiger partial charge in [0.25, 0.3) is 0 Å². The summed E-state index contributed by atoms with van der Waals surface area (Å²) in [4.78, 5) is 13.2. The molecule has 1 aromatic carbocycles. The molecule has 1 unspecified atom stereocenters. The first-order chi connectivity index (χ1) is 7.80. The van der Waals surface area contributed by atoms with Crippen LogP contribution in [-0.4, -0.2) is 19.4 Å². The SMILES string of the molecule is CC(=O)C1CN(C)c2ccc(C(F)(F)F)cc21. The van der Waals surface area contributed by atoms with Gasteiger partial charge in [-0.05, 0) is 30.7 Å². The van der Waals surface area contributed by atoms with Gasteiger partial charge in [-0.15, -0.1) is 0 Å². The molecule has 0 N–H and O–H groups in total. The highest BCUT2D eigenvalue weighted by Crippen LogP contribution is 2.39. The molecule has 0 spiro atoms. The topological polar surface area (TPSA) is 20.3 Å². The number of Topliss-reactive ketones (excluding diaryl/α,β-unsaturated/α-hetero) is 1. The number of ketones is 1. The summed E-state index contributed by atoms with van der Waals surface area (Å²) in [6.07, 6.45) is -4.36. The van der Waals surface area contributed by atoms with Crippen LogP contribution in [0, 0.1) is 0 Å². The minimum Gasteiger partial charge on any atom is -0.373 e. The van der Waals surface area contributed by atoms with Gasteiger partial charge in [-0.2, -0.15) is 13.2 Å². The summed E-state index contributed by atoms with van der Waals surface area (Å²) in [7, 11) is 1.77. The first-order valence-corrected chi connectivity index (χ1v) is 5.23. The molecule has 0 saturated carbocycles. The van der Waals surface area contributed by atoms with Crippen LogP contribution in [0.3, 0.4) is 0 Å². The Morgan fingerprint density at radius 3 is 2.59 bits per heavy atom. The predicted molar refractivity (Wildman–Crippen MR) is 58.1 cm³/mol. The lowest BCUT2D eigenvalue weighted by atomic mass is 9.96. The van der Waals surface area contributed by atoms with Crippen LogP contribution in [-0.2, 0) is 11.0 Å². The molecular weight excluding hydrogens is 231 g/mol. The van der Waals surface area contributed by atoms with Gasteiger partial charge < -0.3 is 4.90 Å². The zero-order valence-electron chi connectivity index (χ0n) is 9.51. The highest BCUT2D eigenvalue weighted by molar-refractivity contribution is 5.88. The highest BCUT2D eigenvalue weighted by atomic mass is 19.4. The minimum absolute atomic E-state index is 0.102. The predicted octanol–water partition coefficient (Wildman–Crippen LogP) is 2.83. The number of fused-ring (bicyclic) bond motifs is 1. The van der Waals surface area contributed by atoms with Crippen LogP contribution in [0.15, 0.2) is 18.2 Å². The van der Waals surface area contributed by atoms with E-state index in [0.29, 0.717) is 17.8 Å². The van der Waals surface area contributed by atoms with Crippen molar-refractivity contribution >= 4 is 11.5 Å². The van der Waals surface area contributed by atoms with Crippen molar-refractivity contribution in [2.24, 2.45) is 0 Å². The van der Waals surface area contributed by atoms with Crippen molar-refractivity contribution in [3.8, 4) is 0 Å². The number of likely N-dealkylation sites (N-methyl/N-ethyl adjacent to an activating group) is 1. The van der Waals surface area contributed by atoms with E-state index in [-0.39, 0.29) is 5.78 Å². The van der Waals surface area contributed by atoms with Gasteiger partial charge in [0.1, 0.15) is 5.78 Å². The Hall–Kier alpha value is -1.52. The van der Waals surface area contributed by atoms with Crippen LogP contribution in [0.2, 0.25) is 0 Å². The summed E-state index contributed by atoms with van der Waals surface area (Å²) in [5.74, 6) is -0.549. The standard InChI is InChI=1S/C12H12F3NO/c1-7(17)10-6-16(2)11-4-3-8(5-9(10)11)12(13,14)15/h3-5,10H,6H2,1-2H3. The van der Waals surface area contributed by atoms with Gasteiger partial charge in [0, 0.05) is 19.3 Å². The van der Waals surface area contributed by atoms with Crippen LogP contribution in [0.1, 0.15) is 24.0 Å². The van der Waals surface area contributed by atoms with Crippen molar-refractivity contribution in [1.29, 1.82) is 0 Å². The van der Waals surface area contributed by atoms with E-state index in [9.17, 15) is 18.0 Å². The molecule has 0 aromatic heterocycles. The van der Waals surface area contributed by atoms with Crippen molar-refractivity contribution in [2.75, 3.05) is 18.5 Å². The largest absolute Gasteiger partial charge is 0.416 e. The molecule has 0 aliphatic carbocycles. The number of carbonyl (C=O) groups excluding carboxylic acids is 1. The summed E-state index contributed by atoms with van der Waals surface area (Å²) in [6, 6.07) is 3.57. The molecule has 17 heavy (non-hydrogen) atoms. The number of anilines is 1. The maximum atomic E-state index is 12.6. The van der Waals surface area contributed by atoms with Crippen LogP contribution in [0.5, 0.6) is 0 Å². The van der Waals surface area contributed by atoms with Crippen molar-refractivity contribution in [2.45, 2.75) is 19.0 Å². The third kappa shape index (κ3) is 2.01. The van der Waals surface area contributed by atoms with Crippen LogP contribution < -0.4 is 4.90 Å². The second-order valence-electron chi connectivity index (χ2n) is 4.32. The molecule has 2 nitrogen and oxygen atoms in total. The van der Waals surface area contributed by atoms with Crippen LogP contribution >= 0.6 is 0 Å². The monoisotopic (exact) mass is 243 g/mol. The molecule has 1 aliphatic rings. The molecule has 1 aliphatic heterocycles. The lowest BCUT2D eigenvalue weighted by Gasteiger charge is -2.12. The first kappa shape index (κ1) is 12.0. The summed E-state index contributed by atoms with van der Waals surface area (Å²) >= 11 is 0. The van der Waals surface area contributed by atoms with Gasteiger partial charge in [0.2, 0.25) is 0 Å². The van der Waals surface area contributed by atoms with Crippen molar-refractivity contribution in [3.63, 3.8) is 0 Å². The average Bonchev–Trinajstić information content (AvgIpc) is 2.54. The van der Waals surface area contributed by atoms with E-state index < -0.39 is 17.7 Å². The number of hydrogen-bond acceptors (Lipinski definition) is 2. The second-order valence-corrected chi connectivity index (χ2v) is 4.32. The lowest BCUT2D eigenvalue weighted by Crippen LogP contribution is -2.18. The number of halogens is 3. The Kier molecular flexibility index (Phi) is 2.64. The normalized spacial score (nSPS) is 19.4. The number of nitrogens with zero attached hydrogens (tertiary/aromatic N) is 1. The van der Waals surface area contributed by atoms with E-state index in [1.807, 2.05) is 4.90 Å². The summed E-state index contributed by atoms with van der Waals surface area (Å²) in [6.45, 7) is 1.86. The van der Waals surface area contributed by atoms with E-state index in [1.54, 1.807) is 7.05 Å². The highest BCUT2D eigenvalue weighted by Gasteiger charge is 2.35. The molecule has 0 bridgehead atoms. The van der Waals surface area contributed by atoms with E-state index in [2.05, 4.69) is 0 Å². The number of rotatable bonds is 1. The Bertz CT molecular complexity index is 467. The van der Waals surface area contributed by atoms with E-state index in [1.165, 1.54) is 13.0 Å². The molecule has 0 radical (unpaired) electrons. The molecule has 1 atom stereocenters. The van der Waals surface area contributed by atoms with Crippen LogP contribution in [0.4, 0.5) is 18.9 Å². The first-order valence-electron chi connectivity index (χ1n) is 5.23. The van der Waals surface area contributed by atoms with Gasteiger partial charge in [0.15, 0.2) is 0 Å². The van der Waals surface area contributed by atoms with Gasteiger partial charge in [-0.3, -0.25) is 4.79 Å². The van der Waals surface area contributed by atoms with E-state index >= 15 is 0 Å². The molecule has 1 aromatic rings. The van der Waals surface area contributed by atoms with Gasteiger partial charge in [0.05, 0.1) is 11.5 Å². The number of alkyl halides is 3. The van der Waals surface area contributed by atoms with Gasteiger partial charge in [-0.25, -0.2) is 0 Å². The Balaban J connectivity index is 2.51. The zero-order valence-corrected chi connectivity index (χ0v) is 9.51. The number of benzene rings is 1. The third-order valence-corrected chi connectivity index (χ3v) is 3.09. The average molecular weight is 243 g/mol. The molecule has 1 heterocycles. The fraction of sp³-hybridized carbons (Fsp3) is 0.417. The maximum Gasteiger partial charge on any atom is 0.416 e. The third-order valence-electron chi connectivity index (χ3n) is 3.09. The maximum absolute atomic E-state index is 12.6. The number of hydrogen-bond donors (Lipinski definition) is 0. The molecule has 0 fully saturated rings. The molecule has 5 heteroatoms. The summed E-state index contributed by atoms with van der Waals surface area (Å²) in [5.41, 5.74) is 0.492. The van der Waals surface area contributed by atoms with E-state index in [0.717, 1.165) is 12.1 Å². The summed E-state index contributed by atoms with van der Waals surface area (Å²) < 4.78 is 37.7. The lowest BCUT2D eigenvalue weighted by molar-refractivity contribution is -0.137. The van der Waals surface area contributed by atoms with Crippen molar-refractivity contribution in [1.82, 2.24) is 0 Å². The molecule has 0 saturated heterocycles. The molecule has 2 rings (SSSR count). The van der Waals surface area contributed by atoms with Gasteiger partial charge in [-0.1, -0.05) is 0 Å². The van der Waals surface area contributed by atoms with E-state index in [4.69, 9.17) is 0 Å². The Morgan fingerprint density at radius 1 is 1.41 bits per heavy atom. The number of carbonyl (C=O) groups is 1. The van der Waals surface area contributed by atoms with Crippen LogP contribution in [0.25, 0.3) is 0 Å². The molecule has 92 valence electrons. The minimum atomic E-state index is -4.36. The summed E-state index contributed by atoms with van der Waals surface area (Å²) in [5, 5.41) is 0. The second kappa shape index (κ2) is 3.75. The smallest absolute Gasteiger partial charge is 0.373 e.